The summed E-state index contributed by atoms with van der Waals surface area (Å²) < 4.78 is 5.79. The van der Waals surface area contributed by atoms with E-state index >= 15 is 0 Å². The molecular formula is C21H27NO2. The molecule has 2 aromatic rings. The molecule has 0 heterocycles. The number of ether oxygens (including phenoxy) is 1. The maximum absolute atomic E-state index is 12.4. The Bertz CT molecular complexity index is 652. The Kier molecular flexibility index (Phi) is 7.34. The Morgan fingerprint density at radius 1 is 1.00 bits per heavy atom. The molecule has 0 spiro atoms. The van der Waals surface area contributed by atoms with Gasteiger partial charge in [-0.15, -0.1) is 0 Å². The molecule has 0 saturated heterocycles. The van der Waals surface area contributed by atoms with E-state index in [0.717, 1.165) is 30.0 Å². The fourth-order valence-corrected chi connectivity index (χ4v) is 2.59. The number of benzene rings is 2. The third kappa shape index (κ3) is 5.73. The number of anilines is 1. The molecule has 1 amide bonds. The van der Waals surface area contributed by atoms with Crippen molar-refractivity contribution in [3.63, 3.8) is 0 Å². The summed E-state index contributed by atoms with van der Waals surface area (Å²) in [5.74, 6) is 0.706. The molecule has 0 aliphatic carbocycles. The smallest absolute Gasteiger partial charge is 0.255 e. The average molecular weight is 325 g/mol. The molecule has 0 saturated carbocycles. The number of hydrogen-bond acceptors (Lipinski definition) is 2. The highest BCUT2D eigenvalue weighted by atomic mass is 16.5. The van der Waals surface area contributed by atoms with Crippen molar-refractivity contribution in [3.05, 3.63) is 59.7 Å². The third-order valence-electron chi connectivity index (χ3n) is 4.00. The fourth-order valence-electron chi connectivity index (χ4n) is 2.59. The Balaban J connectivity index is 1.86. The number of unbranched alkanes of at least 4 members (excludes halogenated alkanes) is 4. The first-order valence-electron chi connectivity index (χ1n) is 8.80. The lowest BCUT2D eigenvalue weighted by Gasteiger charge is -2.10. The van der Waals surface area contributed by atoms with Crippen molar-refractivity contribution in [1.82, 2.24) is 0 Å². The molecule has 0 unspecified atom stereocenters. The van der Waals surface area contributed by atoms with Crippen LogP contribution >= 0.6 is 0 Å². The molecule has 2 rings (SSSR count). The Labute approximate surface area is 145 Å². The SMILES string of the molecule is CCCCCCCOc1cccc(NC(=O)c2ccccc2C)c1. The van der Waals surface area contributed by atoms with Crippen molar-refractivity contribution < 1.29 is 9.53 Å². The van der Waals surface area contributed by atoms with Crippen LogP contribution in [-0.2, 0) is 0 Å². The lowest BCUT2D eigenvalue weighted by molar-refractivity contribution is 0.102. The van der Waals surface area contributed by atoms with Crippen LogP contribution < -0.4 is 10.1 Å². The van der Waals surface area contributed by atoms with Crippen LogP contribution in [0, 0.1) is 6.92 Å². The number of carbonyl (C=O) groups is 1. The van der Waals surface area contributed by atoms with Gasteiger partial charge in [0.25, 0.3) is 5.91 Å². The summed E-state index contributed by atoms with van der Waals surface area (Å²) in [6, 6.07) is 15.2. The van der Waals surface area contributed by atoms with E-state index in [9.17, 15) is 4.79 Å². The van der Waals surface area contributed by atoms with E-state index in [2.05, 4.69) is 12.2 Å². The first-order valence-corrected chi connectivity index (χ1v) is 8.80. The molecule has 2 aromatic carbocycles. The number of hydrogen-bond donors (Lipinski definition) is 1. The fraction of sp³-hybridized carbons (Fsp3) is 0.381. The summed E-state index contributed by atoms with van der Waals surface area (Å²) >= 11 is 0. The van der Waals surface area contributed by atoms with Crippen molar-refractivity contribution in [1.29, 1.82) is 0 Å². The standard InChI is InChI=1S/C21H27NO2/c1-3-4-5-6-9-15-24-19-13-10-12-18(16-19)22-21(23)20-14-8-7-11-17(20)2/h7-8,10-14,16H,3-6,9,15H2,1-2H3,(H,22,23). The summed E-state index contributed by atoms with van der Waals surface area (Å²) in [6.07, 6.45) is 6.09. The first-order chi connectivity index (χ1) is 11.7. The normalized spacial score (nSPS) is 10.4. The lowest BCUT2D eigenvalue weighted by Crippen LogP contribution is -2.13. The molecular weight excluding hydrogens is 298 g/mol. The second-order valence-corrected chi connectivity index (χ2v) is 6.06. The summed E-state index contributed by atoms with van der Waals surface area (Å²) in [5, 5.41) is 2.94. The van der Waals surface area contributed by atoms with Gasteiger partial charge in [-0.3, -0.25) is 4.79 Å². The number of rotatable bonds is 9. The van der Waals surface area contributed by atoms with Crippen LogP contribution in [-0.4, -0.2) is 12.5 Å². The van der Waals surface area contributed by atoms with Crippen LogP contribution in [0.25, 0.3) is 0 Å². The average Bonchev–Trinajstić information content (AvgIpc) is 2.58. The molecule has 3 nitrogen and oxygen atoms in total. The van der Waals surface area contributed by atoms with Gasteiger partial charge in [-0.05, 0) is 37.1 Å². The maximum atomic E-state index is 12.4. The molecule has 3 heteroatoms. The Morgan fingerprint density at radius 3 is 2.58 bits per heavy atom. The van der Waals surface area contributed by atoms with Crippen LogP contribution in [0.5, 0.6) is 5.75 Å². The summed E-state index contributed by atoms with van der Waals surface area (Å²) in [5.41, 5.74) is 2.42. The van der Waals surface area contributed by atoms with Gasteiger partial charge in [0.2, 0.25) is 0 Å². The van der Waals surface area contributed by atoms with Crippen LogP contribution in [0.15, 0.2) is 48.5 Å². The zero-order valence-electron chi connectivity index (χ0n) is 14.7. The van der Waals surface area contributed by atoms with Gasteiger partial charge >= 0.3 is 0 Å². The summed E-state index contributed by atoms with van der Waals surface area (Å²) in [4.78, 5) is 12.4. The monoisotopic (exact) mass is 325 g/mol. The molecule has 0 fully saturated rings. The Morgan fingerprint density at radius 2 is 1.79 bits per heavy atom. The van der Waals surface area contributed by atoms with Gasteiger partial charge in [0, 0.05) is 17.3 Å². The molecule has 1 N–H and O–H groups in total. The van der Waals surface area contributed by atoms with E-state index in [-0.39, 0.29) is 5.91 Å². The van der Waals surface area contributed by atoms with E-state index < -0.39 is 0 Å². The van der Waals surface area contributed by atoms with Gasteiger partial charge < -0.3 is 10.1 Å². The van der Waals surface area contributed by atoms with E-state index in [1.165, 1.54) is 25.7 Å². The minimum atomic E-state index is -0.0928. The molecule has 0 atom stereocenters. The second kappa shape index (κ2) is 9.76. The van der Waals surface area contributed by atoms with Gasteiger partial charge in [-0.2, -0.15) is 0 Å². The summed E-state index contributed by atoms with van der Waals surface area (Å²) in [7, 11) is 0. The van der Waals surface area contributed by atoms with Crippen molar-refractivity contribution in [3.8, 4) is 5.75 Å². The lowest BCUT2D eigenvalue weighted by atomic mass is 10.1. The van der Waals surface area contributed by atoms with Gasteiger partial charge in [0.05, 0.1) is 6.61 Å². The van der Waals surface area contributed by atoms with Gasteiger partial charge in [0.15, 0.2) is 0 Å². The maximum Gasteiger partial charge on any atom is 0.255 e. The van der Waals surface area contributed by atoms with Crippen molar-refractivity contribution in [2.45, 2.75) is 46.0 Å². The molecule has 0 bridgehead atoms. The molecule has 0 aliphatic heterocycles. The Hall–Kier alpha value is -2.29. The predicted molar refractivity (Wildman–Crippen MR) is 99.8 cm³/mol. The molecule has 128 valence electrons. The van der Waals surface area contributed by atoms with Crippen molar-refractivity contribution in [2.24, 2.45) is 0 Å². The van der Waals surface area contributed by atoms with Gasteiger partial charge in [0.1, 0.15) is 5.75 Å². The number of amides is 1. The number of nitrogens with one attached hydrogen (secondary N) is 1. The van der Waals surface area contributed by atoms with E-state index in [1.54, 1.807) is 0 Å². The summed E-state index contributed by atoms with van der Waals surface area (Å²) in [6.45, 7) is 4.87. The largest absolute Gasteiger partial charge is 0.494 e. The molecule has 0 aromatic heterocycles. The number of aryl methyl sites for hydroxylation is 1. The van der Waals surface area contributed by atoms with Crippen LogP contribution in [0.1, 0.15) is 54.9 Å². The highest BCUT2D eigenvalue weighted by Gasteiger charge is 2.08. The zero-order chi connectivity index (χ0) is 17.2. The quantitative estimate of drug-likeness (QED) is 0.610. The second-order valence-electron chi connectivity index (χ2n) is 6.06. The van der Waals surface area contributed by atoms with Crippen LogP contribution in [0.4, 0.5) is 5.69 Å². The van der Waals surface area contributed by atoms with E-state index in [1.807, 2.05) is 55.5 Å². The van der Waals surface area contributed by atoms with Crippen molar-refractivity contribution in [2.75, 3.05) is 11.9 Å². The molecule has 0 aliphatic rings. The van der Waals surface area contributed by atoms with E-state index in [0.29, 0.717) is 5.56 Å². The highest BCUT2D eigenvalue weighted by molar-refractivity contribution is 6.05. The van der Waals surface area contributed by atoms with Crippen molar-refractivity contribution >= 4 is 11.6 Å². The predicted octanol–water partition coefficient (Wildman–Crippen LogP) is 5.60. The molecule has 0 radical (unpaired) electrons. The highest BCUT2D eigenvalue weighted by Crippen LogP contribution is 2.19. The number of carbonyl (C=O) groups excluding carboxylic acids is 1. The van der Waals surface area contributed by atoms with Gasteiger partial charge in [-0.1, -0.05) is 56.9 Å². The first kappa shape index (κ1) is 18.1. The topological polar surface area (TPSA) is 38.3 Å². The molecule has 24 heavy (non-hydrogen) atoms. The minimum absolute atomic E-state index is 0.0928. The van der Waals surface area contributed by atoms with Gasteiger partial charge in [-0.25, -0.2) is 0 Å². The van der Waals surface area contributed by atoms with Crippen LogP contribution in [0.3, 0.4) is 0 Å². The van der Waals surface area contributed by atoms with Crippen LogP contribution in [0.2, 0.25) is 0 Å². The minimum Gasteiger partial charge on any atom is -0.494 e. The van der Waals surface area contributed by atoms with E-state index in [4.69, 9.17) is 4.74 Å². The zero-order valence-corrected chi connectivity index (χ0v) is 14.7. The third-order valence-corrected chi connectivity index (χ3v) is 4.00.